The minimum atomic E-state index is -0.140. The summed E-state index contributed by atoms with van der Waals surface area (Å²) in [4.78, 5) is 13.1. The summed E-state index contributed by atoms with van der Waals surface area (Å²) in [6.07, 6.45) is 0.435. The van der Waals surface area contributed by atoms with Gasteiger partial charge in [-0.2, -0.15) is 0 Å². The van der Waals surface area contributed by atoms with Gasteiger partial charge in [-0.25, -0.2) is 0 Å². The second-order valence-corrected chi connectivity index (χ2v) is 3.13. The summed E-state index contributed by atoms with van der Waals surface area (Å²) in [7, 11) is 1.96. The van der Waals surface area contributed by atoms with Crippen LogP contribution in [0.3, 0.4) is 0 Å². The third-order valence-electron chi connectivity index (χ3n) is 2.00. The van der Waals surface area contributed by atoms with Crippen molar-refractivity contribution in [1.82, 2.24) is 4.90 Å². The maximum absolute atomic E-state index is 11.1. The first-order valence-electron chi connectivity index (χ1n) is 4.67. The molecule has 0 aromatic carbocycles. The van der Waals surface area contributed by atoms with Crippen LogP contribution in [0.4, 0.5) is 0 Å². The first-order chi connectivity index (χ1) is 6.11. The molecule has 13 heavy (non-hydrogen) atoms. The van der Waals surface area contributed by atoms with Crippen molar-refractivity contribution in [3.63, 3.8) is 0 Å². The van der Waals surface area contributed by atoms with Crippen LogP contribution < -0.4 is 5.73 Å². The van der Waals surface area contributed by atoms with Crippen molar-refractivity contribution < 1.29 is 9.53 Å². The summed E-state index contributed by atoms with van der Waals surface area (Å²) in [6, 6.07) is 0.197. The normalized spacial score (nSPS) is 13.0. The number of likely N-dealkylation sites (N-methyl/N-ethyl adjacent to an activating group) is 1. The molecule has 0 aliphatic carbocycles. The lowest BCUT2D eigenvalue weighted by Gasteiger charge is -2.22. The third kappa shape index (κ3) is 5.60. The molecule has 0 aromatic heterocycles. The molecule has 1 atom stereocenters. The zero-order valence-corrected chi connectivity index (χ0v) is 8.75. The van der Waals surface area contributed by atoms with Crippen molar-refractivity contribution in [2.24, 2.45) is 5.73 Å². The van der Waals surface area contributed by atoms with E-state index in [0.717, 1.165) is 6.54 Å². The highest BCUT2D eigenvalue weighted by Gasteiger charge is 2.13. The van der Waals surface area contributed by atoms with Crippen molar-refractivity contribution in [3.8, 4) is 0 Å². The SMILES string of the molecule is CCOC(=O)CC(C)N(C)CCN. The lowest BCUT2D eigenvalue weighted by molar-refractivity contribution is -0.144. The van der Waals surface area contributed by atoms with E-state index in [1.54, 1.807) is 0 Å². The summed E-state index contributed by atoms with van der Waals surface area (Å²) in [6.45, 7) is 5.68. The van der Waals surface area contributed by atoms with Crippen molar-refractivity contribution in [3.05, 3.63) is 0 Å². The Labute approximate surface area is 80.0 Å². The Kier molecular flexibility index (Phi) is 6.54. The van der Waals surface area contributed by atoms with Gasteiger partial charge in [-0.3, -0.25) is 4.79 Å². The Morgan fingerprint density at radius 3 is 2.69 bits per heavy atom. The van der Waals surface area contributed by atoms with Crippen molar-refractivity contribution in [2.75, 3.05) is 26.7 Å². The van der Waals surface area contributed by atoms with Gasteiger partial charge in [-0.1, -0.05) is 0 Å². The van der Waals surface area contributed by atoms with Crippen LogP contribution in [-0.4, -0.2) is 43.7 Å². The smallest absolute Gasteiger partial charge is 0.307 e. The lowest BCUT2D eigenvalue weighted by Crippen LogP contribution is -2.35. The van der Waals surface area contributed by atoms with Crippen LogP contribution in [-0.2, 0) is 9.53 Å². The van der Waals surface area contributed by atoms with Crippen LogP contribution in [0.25, 0.3) is 0 Å². The standard InChI is InChI=1S/C9H20N2O2/c1-4-13-9(12)7-8(2)11(3)6-5-10/h8H,4-7,10H2,1-3H3. The highest BCUT2D eigenvalue weighted by atomic mass is 16.5. The zero-order chi connectivity index (χ0) is 10.3. The molecule has 0 aromatic rings. The van der Waals surface area contributed by atoms with E-state index in [0.29, 0.717) is 19.6 Å². The van der Waals surface area contributed by atoms with Crippen molar-refractivity contribution in [2.45, 2.75) is 26.3 Å². The summed E-state index contributed by atoms with van der Waals surface area (Å²) in [5.74, 6) is -0.140. The molecule has 0 aliphatic rings. The van der Waals surface area contributed by atoms with Gasteiger partial charge in [0, 0.05) is 19.1 Å². The van der Waals surface area contributed by atoms with E-state index >= 15 is 0 Å². The van der Waals surface area contributed by atoms with E-state index in [2.05, 4.69) is 4.90 Å². The van der Waals surface area contributed by atoms with E-state index in [4.69, 9.17) is 10.5 Å². The molecule has 0 amide bonds. The summed E-state index contributed by atoms with van der Waals surface area (Å²) in [5.41, 5.74) is 5.40. The van der Waals surface area contributed by atoms with Gasteiger partial charge in [0.1, 0.15) is 0 Å². The molecule has 0 saturated carbocycles. The highest BCUT2D eigenvalue weighted by molar-refractivity contribution is 5.69. The van der Waals surface area contributed by atoms with Crippen LogP contribution in [0.15, 0.2) is 0 Å². The monoisotopic (exact) mass is 188 g/mol. The molecule has 4 nitrogen and oxygen atoms in total. The number of rotatable bonds is 6. The van der Waals surface area contributed by atoms with E-state index in [-0.39, 0.29) is 12.0 Å². The second kappa shape index (κ2) is 6.86. The summed E-state index contributed by atoms with van der Waals surface area (Å²) >= 11 is 0. The molecular weight excluding hydrogens is 168 g/mol. The highest BCUT2D eigenvalue weighted by Crippen LogP contribution is 2.01. The summed E-state index contributed by atoms with van der Waals surface area (Å²) in [5, 5.41) is 0. The second-order valence-electron chi connectivity index (χ2n) is 3.13. The molecule has 0 radical (unpaired) electrons. The number of nitrogens with zero attached hydrogens (tertiary/aromatic N) is 1. The number of carbonyl (C=O) groups is 1. The van der Waals surface area contributed by atoms with Gasteiger partial charge in [-0.05, 0) is 20.9 Å². The Morgan fingerprint density at radius 1 is 1.62 bits per heavy atom. The molecule has 78 valence electrons. The molecule has 0 bridgehead atoms. The maximum atomic E-state index is 11.1. The largest absolute Gasteiger partial charge is 0.466 e. The number of ether oxygens (including phenoxy) is 1. The molecule has 0 spiro atoms. The van der Waals surface area contributed by atoms with Gasteiger partial charge in [0.2, 0.25) is 0 Å². The van der Waals surface area contributed by atoms with Crippen LogP contribution in [0.1, 0.15) is 20.3 Å². The molecule has 0 saturated heterocycles. The van der Waals surface area contributed by atoms with Gasteiger partial charge < -0.3 is 15.4 Å². The number of esters is 1. The molecule has 4 heteroatoms. The number of nitrogens with two attached hydrogens (primary N) is 1. The Bertz CT molecular complexity index is 151. The first-order valence-corrected chi connectivity index (χ1v) is 4.67. The van der Waals surface area contributed by atoms with E-state index in [1.807, 2.05) is 20.9 Å². The van der Waals surface area contributed by atoms with Crippen molar-refractivity contribution >= 4 is 5.97 Å². The molecule has 0 heterocycles. The number of carbonyl (C=O) groups excluding carboxylic acids is 1. The first kappa shape index (κ1) is 12.4. The van der Waals surface area contributed by atoms with E-state index < -0.39 is 0 Å². The van der Waals surface area contributed by atoms with E-state index in [9.17, 15) is 4.79 Å². The zero-order valence-electron chi connectivity index (χ0n) is 8.75. The third-order valence-corrected chi connectivity index (χ3v) is 2.00. The number of hydrogen-bond acceptors (Lipinski definition) is 4. The molecule has 0 rings (SSSR count). The van der Waals surface area contributed by atoms with Gasteiger partial charge in [0.25, 0.3) is 0 Å². The van der Waals surface area contributed by atoms with Gasteiger partial charge in [-0.15, -0.1) is 0 Å². The van der Waals surface area contributed by atoms with Crippen LogP contribution in [0.2, 0.25) is 0 Å². The van der Waals surface area contributed by atoms with Crippen molar-refractivity contribution in [1.29, 1.82) is 0 Å². The predicted molar refractivity (Wildman–Crippen MR) is 52.4 cm³/mol. The Morgan fingerprint density at radius 2 is 2.23 bits per heavy atom. The Hall–Kier alpha value is -0.610. The minimum absolute atomic E-state index is 0.140. The van der Waals surface area contributed by atoms with Crippen LogP contribution in [0, 0.1) is 0 Å². The minimum Gasteiger partial charge on any atom is -0.466 e. The van der Waals surface area contributed by atoms with Crippen LogP contribution >= 0.6 is 0 Å². The fraction of sp³-hybridized carbons (Fsp3) is 0.889. The molecular formula is C9H20N2O2. The molecule has 1 unspecified atom stereocenters. The Balaban J connectivity index is 3.71. The van der Waals surface area contributed by atoms with Gasteiger partial charge in [0.15, 0.2) is 0 Å². The quantitative estimate of drug-likeness (QED) is 0.606. The average molecular weight is 188 g/mol. The van der Waals surface area contributed by atoms with Gasteiger partial charge in [0.05, 0.1) is 13.0 Å². The predicted octanol–water partition coefficient (Wildman–Crippen LogP) is 0.219. The summed E-state index contributed by atoms with van der Waals surface area (Å²) < 4.78 is 4.84. The number of hydrogen-bond donors (Lipinski definition) is 1. The molecule has 0 fully saturated rings. The average Bonchev–Trinajstić information content (AvgIpc) is 2.05. The fourth-order valence-corrected chi connectivity index (χ4v) is 1.04. The van der Waals surface area contributed by atoms with Crippen LogP contribution in [0.5, 0.6) is 0 Å². The molecule has 2 N–H and O–H groups in total. The fourth-order valence-electron chi connectivity index (χ4n) is 1.04. The van der Waals surface area contributed by atoms with Gasteiger partial charge >= 0.3 is 5.97 Å². The molecule has 0 aliphatic heterocycles. The van der Waals surface area contributed by atoms with E-state index in [1.165, 1.54) is 0 Å². The lowest BCUT2D eigenvalue weighted by atomic mass is 10.2. The maximum Gasteiger partial charge on any atom is 0.307 e. The topological polar surface area (TPSA) is 55.6 Å².